The highest BCUT2D eigenvalue weighted by Crippen LogP contribution is 2.04. The van der Waals surface area contributed by atoms with Crippen LogP contribution in [0.25, 0.3) is 0 Å². The van der Waals surface area contributed by atoms with E-state index in [9.17, 15) is 0 Å². The van der Waals surface area contributed by atoms with Crippen molar-refractivity contribution in [2.75, 3.05) is 5.73 Å². The van der Waals surface area contributed by atoms with E-state index in [4.69, 9.17) is 17.3 Å². The van der Waals surface area contributed by atoms with Gasteiger partial charge in [-0.2, -0.15) is 0 Å². The molecule has 2 N–H and O–H groups in total. The maximum absolute atomic E-state index is 5.45. The van der Waals surface area contributed by atoms with Crippen molar-refractivity contribution in [2.24, 2.45) is 0 Å². The molecule has 0 aliphatic rings. The summed E-state index contributed by atoms with van der Waals surface area (Å²) in [5, 5.41) is 0.201. The molecule has 4 heteroatoms. The summed E-state index contributed by atoms with van der Waals surface area (Å²) < 4.78 is 0. The van der Waals surface area contributed by atoms with E-state index in [2.05, 4.69) is 9.97 Å². The zero-order valence-electron chi connectivity index (χ0n) is 6.93. The third-order valence-electron chi connectivity index (χ3n) is 0.847. The minimum Gasteiger partial charge on any atom is -0.384 e. The van der Waals surface area contributed by atoms with E-state index < -0.39 is 0 Å². The second kappa shape index (κ2) is 4.91. The first-order chi connectivity index (χ1) is 5.18. The van der Waals surface area contributed by atoms with E-state index in [-0.39, 0.29) is 5.28 Å². The summed E-state index contributed by atoms with van der Waals surface area (Å²) in [6, 6.07) is 1.66. The summed E-state index contributed by atoms with van der Waals surface area (Å²) in [5.41, 5.74) is 6.11. The van der Waals surface area contributed by atoms with Crippen molar-refractivity contribution in [3.63, 3.8) is 0 Å². The zero-order valence-corrected chi connectivity index (χ0v) is 7.68. The van der Waals surface area contributed by atoms with E-state index in [0.717, 1.165) is 5.69 Å². The number of rotatable bonds is 0. The summed E-state index contributed by atoms with van der Waals surface area (Å²) in [6.45, 7) is 5.81. The third-order valence-corrected chi connectivity index (χ3v) is 1.02. The Hall–Kier alpha value is -0.830. The molecule has 3 nitrogen and oxygen atoms in total. The van der Waals surface area contributed by atoms with E-state index in [0.29, 0.717) is 5.82 Å². The summed E-state index contributed by atoms with van der Waals surface area (Å²) >= 11 is 5.45. The van der Waals surface area contributed by atoms with Crippen LogP contribution in [0, 0.1) is 6.92 Å². The molecule has 1 aromatic heterocycles. The Labute approximate surface area is 71.6 Å². The molecular weight excluding hydrogens is 162 g/mol. The van der Waals surface area contributed by atoms with Gasteiger partial charge < -0.3 is 5.73 Å². The van der Waals surface area contributed by atoms with Crippen LogP contribution in [0.4, 0.5) is 5.82 Å². The van der Waals surface area contributed by atoms with Crippen LogP contribution in [0.2, 0.25) is 5.28 Å². The van der Waals surface area contributed by atoms with Gasteiger partial charge >= 0.3 is 0 Å². The SMILES string of the molecule is CC.Cc1cc(N)nc(Cl)n1. The second-order valence-electron chi connectivity index (χ2n) is 1.70. The highest BCUT2D eigenvalue weighted by molar-refractivity contribution is 6.28. The average Bonchev–Trinajstić information content (AvgIpc) is 1.88. The van der Waals surface area contributed by atoms with Gasteiger partial charge in [0.05, 0.1) is 0 Å². The van der Waals surface area contributed by atoms with Crippen LogP contribution in [0.1, 0.15) is 19.5 Å². The molecule has 0 unspecified atom stereocenters. The fourth-order valence-electron chi connectivity index (χ4n) is 0.556. The minimum absolute atomic E-state index is 0.201. The summed E-state index contributed by atoms with van der Waals surface area (Å²) in [4.78, 5) is 7.48. The molecule has 0 fully saturated rings. The van der Waals surface area contributed by atoms with Crippen molar-refractivity contribution in [1.82, 2.24) is 9.97 Å². The topological polar surface area (TPSA) is 51.8 Å². The second-order valence-corrected chi connectivity index (χ2v) is 2.04. The number of halogens is 1. The standard InChI is InChI=1S/C5H6ClN3.C2H6/c1-3-2-4(7)9-5(6)8-3;1-2/h2H,1H3,(H2,7,8,9);1-2H3. The highest BCUT2D eigenvalue weighted by atomic mass is 35.5. The van der Waals surface area contributed by atoms with Gasteiger partial charge in [0.2, 0.25) is 5.28 Å². The van der Waals surface area contributed by atoms with Crippen molar-refractivity contribution in [2.45, 2.75) is 20.8 Å². The lowest BCUT2D eigenvalue weighted by Gasteiger charge is -1.93. The lowest BCUT2D eigenvalue weighted by molar-refractivity contribution is 1.11. The molecule has 0 spiro atoms. The van der Waals surface area contributed by atoms with Gasteiger partial charge in [-0.05, 0) is 18.5 Å². The van der Waals surface area contributed by atoms with Gasteiger partial charge in [0, 0.05) is 11.8 Å². The Bertz CT molecular complexity index is 174. The molecule has 1 aromatic rings. The third kappa shape index (κ3) is 3.78. The average molecular weight is 174 g/mol. The highest BCUT2D eigenvalue weighted by Gasteiger charge is 1.92. The number of nitrogen functional groups attached to an aromatic ring is 1. The molecule has 0 saturated carbocycles. The zero-order chi connectivity index (χ0) is 8.85. The number of hydrogen-bond acceptors (Lipinski definition) is 3. The monoisotopic (exact) mass is 173 g/mol. The first-order valence-electron chi connectivity index (χ1n) is 3.45. The minimum atomic E-state index is 0.201. The van der Waals surface area contributed by atoms with Crippen molar-refractivity contribution < 1.29 is 0 Å². The van der Waals surface area contributed by atoms with Gasteiger partial charge in [-0.1, -0.05) is 13.8 Å². The lowest BCUT2D eigenvalue weighted by atomic mass is 10.4. The molecule has 0 atom stereocenters. The Morgan fingerprint density at radius 1 is 1.36 bits per heavy atom. The maximum Gasteiger partial charge on any atom is 0.224 e. The molecule has 11 heavy (non-hydrogen) atoms. The fraction of sp³-hybridized carbons (Fsp3) is 0.429. The van der Waals surface area contributed by atoms with Crippen LogP contribution < -0.4 is 5.73 Å². The molecule has 1 heterocycles. The Morgan fingerprint density at radius 2 is 1.91 bits per heavy atom. The number of hydrogen-bond donors (Lipinski definition) is 1. The largest absolute Gasteiger partial charge is 0.384 e. The molecule has 0 aliphatic heterocycles. The van der Waals surface area contributed by atoms with Gasteiger partial charge in [0.1, 0.15) is 5.82 Å². The summed E-state index contributed by atoms with van der Waals surface area (Å²) in [6.07, 6.45) is 0. The first-order valence-corrected chi connectivity index (χ1v) is 3.83. The van der Waals surface area contributed by atoms with Crippen LogP contribution in [-0.4, -0.2) is 9.97 Å². The molecular formula is C7H12ClN3. The van der Waals surface area contributed by atoms with Crippen molar-refractivity contribution in [3.05, 3.63) is 17.0 Å². The molecule has 0 aliphatic carbocycles. The fourth-order valence-corrected chi connectivity index (χ4v) is 0.787. The number of nitrogens with zero attached hydrogens (tertiary/aromatic N) is 2. The van der Waals surface area contributed by atoms with Crippen LogP contribution in [-0.2, 0) is 0 Å². The van der Waals surface area contributed by atoms with Crippen LogP contribution in [0.3, 0.4) is 0 Å². The molecule has 0 aromatic carbocycles. The summed E-state index contributed by atoms with van der Waals surface area (Å²) in [7, 11) is 0. The number of anilines is 1. The molecule has 0 amide bonds. The predicted molar refractivity (Wildman–Crippen MR) is 47.5 cm³/mol. The molecule has 0 bridgehead atoms. The molecule has 0 saturated heterocycles. The normalized spacial score (nSPS) is 8.36. The molecule has 62 valence electrons. The van der Waals surface area contributed by atoms with Crippen molar-refractivity contribution in [1.29, 1.82) is 0 Å². The van der Waals surface area contributed by atoms with Crippen molar-refractivity contribution in [3.8, 4) is 0 Å². The Kier molecular flexibility index (Phi) is 4.54. The van der Waals surface area contributed by atoms with E-state index >= 15 is 0 Å². The quantitative estimate of drug-likeness (QED) is 0.611. The summed E-state index contributed by atoms with van der Waals surface area (Å²) in [5.74, 6) is 0.410. The number of aromatic nitrogens is 2. The lowest BCUT2D eigenvalue weighted by Crippen LogP contribution is -1.93. The smallest absolute Gasteiger partial charge is 0.224 e. The van der Waals surface area contributed by atoms with Gasteiger partial charge in [-0.25, -0.2) is 9.97 Å². The number of nitrogens with two attached hydrogens (primary N) is 1. The molecule has 1 rings (SSSR count). The maximum atomic E-state index is 5.45. The van der Waals surface area contributed by atoms with Gasteiger partial charge in [-0.15, -0.1) is 0 Å². The van der Waals surface area contributed by atoms with E-state index in [1.165, 1.54) is 0 Å². The Morgan fingerprint density at radius 3 is 2.27 bits per heavy atom. The first kappa shape index (κ1) is 10.2. The predicted octanol–water partition coefficient (Wildman–Crippen LogP) is 2.05. The van der Waals surface area contributed by atoms with Crippen LogP contribution in [0.15, 0.2) is 6.07 Å². The molecule has 0 radical (unpaired) electrons. The van der Waals surface area contributed by atoms with Crippen LogP contribution >= 0.6 is 11.6 Å². The number of aryl methyl sites for hydroxylation is 1. The van der Waals surface area contributed by atoms with Crippen LogP contribution in [0.5, 0.6) is 0 Å². The van der Waals surface area contributed by atoms with E-state index in [1.54, 1.807) is 6.07 Å². The van der Waals surface area contributed by atoms with Gasteiger partial charge in [0.25, 0.3) is 0 Å². The van der Waals surface area contributed by atoms with Crippen molar-refractivity contribution >= 4 is 17.4 Å². The van der Waals surface area contributed by atoms with E-state index in [1.807, 2.05) is 20.8 Å². The van der Waals surface area contributed by atoms with Gasteiger partial charge in [-0.3, -0.25) is 0 Å². The van der Waals surface area contributed by atoms with Gasteiger partial charge in [0.15, 0.2) is 0 Å². The Balaban J connectivity index is 0.000000461.